The van der Waals surface area contributed by atoms with E-state index >= 15 is 0 Å². The first kappa shape index (κ1) is 14.7. The van der Waals surface area contributed by atoms with Crippen LogP contribution in [0.1, 0.15) is 20.3 Å². The van der Waals surface area contributed by atoms with Gasteiger partial charge in [-0.2, -0.15) is 0 Å². The lowest BCUT2D eigenvalue weighted by Crippen LogP contribution is -2.49. The summed E-state index contributed by atoms with van der Waals surface area (Å²) in [6.07, 6.45) is 3.54. The van der Waals surface area contributed by atoms with Crippen molar-refractivity contribution < 1.29 is 9.90 Å². The Morgan fingerprint density at radius 2 is 2.30 bits per heavy atom. The maximum Gasteiger partial charge on any atom is 0.323 e. The molecule has 1 atom stereocenters. The third-order valence-corrected chi connectivity index (χ3v) is 4.06. The number of imidazole rings is 1. The van der Waals surface area contributed by atoms with Gasteiger partial charge in [0.1, 0.15) is 22.4 Å². The minimum atomic E-state index is -0.915. The van der Waals surface area contributed by atoms with Gasteiger partial charge in [0.2, 0.25) is 0 Å². The first-order chi connectivity index (χ1) is 9.57. The lowest BCUT2D eigenvalue weighted by molar-refractivity contribution is -0.144. The minimum Gasteiger partial charge on any atom is -0.480 e. The highest BCUT2D eigenvalue weighted by Gasteiger charge is 2.31. The molecule has 0 saturated heterocycles. The van der Waals surface area contributed by atoms with Crippen molar-refractivity contribution in [2.45, 2.75) is 30.8 Å². The lowest BCUT2D eigenvalue weighted by Gasteiger charge is -2.25. The predicted octanol–water partition coefficient (Wildman–Crippen LogP) is 1.29. The van der Waals surface area contributed by atoms with Gasteiger partial charge < -0.3 is 15.4 Å². The zero-order valence-corrected chi connectivity index (χ0v) is 12.2. The maximum absolute atomic E-state index is 11.3. The molecule has 2 heterocycles. The predicted molar refractivity (Wildman–Crippen MR) is 76.7 cm³/mol. The average molecular weight is 295 g/mol. The van der Waals surface area contributed by atoms with Crippen LogP contribution in [-0.4, -0.2) is 48.8 Å². The number of H-pyrrole nitrogens is 1. The van der Waals surface area contributed by atoms with E-state index in [0.29, 0.717) is 24.4 Å². The van der Waals surface area contributed by atoms with Crippen LogP contribution in [0.4, 0.5) is 0 Å². The van der Waals surface area contributed by atoms with Crippen molar-refractivity contribution in [2.75, 3.05) is 12.3 Å². The number of fused-ring (bicyclic) bond motifs is 1. The number of hydrogen-bond donors (Lipinski definition) is 3. The third-order valence-electron chi connectivity index (χ3n) is 3.07. The molecule has 0 radical (unpaired) electrons. The second-order valence-corrected chi connectivity index (χ2v) is 5.63. The summed E-state index contributed by atoms with van der Waals surface area (Å²) in [5.41, 5.74) is 0.496. The average Bonchev–Trinajstić information content (AvgIpc) is 2.88. The molecule has 0 aliphatic rings. The highest BCUT2D eigenvalue weighted by molar-refractivity contribution is 7.99. The number of carbonyl (C=O) groups is 1. The van der Waals surface area contributed by atoms with E-state index in [1.54, 1.807) is 13.3 Å². The van der Waals surface area contributed by atoms with Crippen LogP contribution in [0.15, 0.2) is 17.7 Å². The molecule has 0 aliphatic heterocycles. The molecular weight excluding hydrogens is 278 g/mol. The van der Waals surface area contributed by atoms with E-state index in [2.05, 4.69) is 25.3 Å². The monoisotopic (exact) mass is 295 g/mol. The summed E-state index contributed by atoms with van der Waals surface area (Å²) < 4.78 is 0. The zero-order valence-electron chi connectivity index (χ0n) is 11.4. The van der Waals surface area contributed by atoms with Crippen molar-refractivity contribution in [3.8, 4) is 0 Å². The van der Waals surface area contributed by atoms with Crippen LogP contribution >= 0.6 is 11.8 Å². The summed E-state index contributed by atoms with van der Waals surface area (Å²) >= 11 is 1.50. The van der Waals surface area contributed by atoms with E-state index in [1.165, 1.54) is 18.1 Å². The molecule has 3 N–H and O–H groups in total. The fourth-order valence-corrected chi connectivity index (χ4v) is 2.99. The molecule has 0 fully saturated rings. The molecule has 0 bridgehead atoms. The van der Waals surface area contributed by atoms with Crippen molar-refractivity contribution in [1.29, 1.82) is 0 Å². The number of hydrogen-bond acceptors (Lipinski definition) is 6. The van der Waals surface area contributed by atoms with Gasteiger partial charge in [0.25, 0.3) is 0 Å². The van der Waals surface area contributed by atoms with E-state index in [-0.39, 0.29) is 0 Å². The van der Waals surface area contributed by atoms with E-state index in [9.17, 15) is 9.90 Å². The Labute approximate surface area is 120 Å². The minimum absolute atomic E-state index is 0.500. The van der Waals surface area contributed by atoms with Crippen LogP contribution in [0.5, 0.6) is 0 Å². The SMILES string of the molecule is CCNC(C)(CCSc1ncnc2nc[nH]c12)C(=O)O. The quantitative estimate of drug-likeness (QED) is 0.522. The lowest BCUT2D eigenvalue weighted by atomic mass is 9.99. The van der Waals surface area contributed by atoms with Gasteiger partial charge in [-0.1, -0.05) is 6.92 Å². The Morgan fingerprint density at radius 3 is 3.00 bits per heavy atom. The van der Waals surface area contributed by atoms with Gasteiger partial charge in [0.15, 0.2) is 5.65 Å². The van der Waals surface area contributed by atoms with Gasteiger partial charge in [-0.15, -0.1) is 11.8 Å². The molecule has 2 rings (SSSR count). The molecule has 20 heavy (non-hydrogen) atoms. The molecule has 2 aromatic heterocycles. The number of nitrogens with zero attached hydrogens (tertiary/aromatic N) is 3. The van der Waals surface area contributed by atoms with Gasteiger partial charge in [-0.3, -0.25) is 4.79 Å². The summed E-state index contributed by atoms with van der Waals surface area (Å²) in [7, 11) is 0. The van der Waals surface area contributed by atoms with Crippen LogP contribution in [0.3, 0.4) is 0 Å². The number of carboxylic acid groups (broad SMARTS) is 1. The second-order valence-electron chi connectivity index (χ2n) is 4.55. The summed E-state index contributed by atoms with van der Waals surface area (Å²) in [4.78, 5) is 26.6. The molecule has 2 aromatic rings. The van der Waals surface area contributed by atoms with Crippen LogP contribution in [0.25, 0.3) is 11.2 Å². The second kappa shape index (κ2) is 6.19. The molecule has 7 nitrogen and oxygen atoms in total. The Bertz CT molecular complexity index is 602. The van der Waals surface area contributed by atoms with Crippen molar-refractivity contribution in [3.63, 3.8) is 0 Å². The highest BCUT2D eigenvalue weighted by Crippen LogP contribution is 2.24. The number of likely N-dealkylation sites (N-methyl/N-ethyl adjacent to an activating group) is 1. The van der Waals surface area contributed by atoms with Gasteiger partial charge in [0.05, 0.1) is 6.33 Å². The van der Waals surface area contributed by atoms with Gasteiger partial charge >= 0.3 is 5.97 Å². The number of carboxylic acids is 1. The summed E-state index contributed by atoms with van der Waals surface area (Å²) in [5, 5.41) is 13.1. The Kier molecular flexibility index (Phi) is 4.56. The number of thioether (sulfide) groups is 1. The number of aromatic nitrogens is 4. The van der Waals surface area contributed by atoms with Crippen LogP contribution in [0.2, 0.25) is 0 Å². The normalized spacial score (nSPS) is 14.3. The number of aliphatic carboxylic acids is 1. The summed E-state index contributed by atoms with van der Waals surface area (Å²) in [6, 6.07) is 0. The van der Waals surface area contributed by atoms with Crippen LogP contribution in [-0.2, 0) is 4.79 Å². The van der Waals surface area contributed by atoms with Crippen LogP contribution in [0, 0.1) is 0 Å². The van der Waals surface area contributed by atoms with E-state index in [4.69, 9.17) is 0 Å². The Hall–Kier alpha value is -1.67. The first-order valence-electron chi connectivity index (χ1n) is 6.32. The number of aromatic amines is 1. The number of nitrogens with one attached hydrogen (secondary N) is 2. The first-order valence-corrected chi connectivity index (χ1v) is 7.30. The van der Waals surface area contributed by atoms with Crippen molar-refractivity contribution in [1.82, 2.24) is 25.3 Å². The fourth-order valence-electron chi connectivity index (χ4n) is 1.87. The largest absolute Gasteiger partial charge is 0.480 e. The Balaban J connectivity index is 2.02. The van der Waals surface area contributed by atoms with Crippen molar-refractivity contribution in [3.05, 3.63) is 12.7 Å². The Morgan fingerprint density at radius 1 is 1.50 bits per heavy atom. The van der Waals surface area contributed by atoms with Gasteiger partial charge in [-0.25, -0.2) is 15.0 Å². The molecule has 108 valence electrons. The smallest absolute Gasteiger partial charge is 0.323 e. The van der Waals surface area contributed by atoms with Gasteiger partial charge in [0, 0.05) is 5.75 Å². The van der Waals surface area contributed by atoms with E-state index in [1.807, 2.05) is 6.92 Å². The maximum atomic E-state index is 11.3. The molecule has 1 unspecified atom stereocenters. The van der Waals surface area contributed by atoms with Gasteiger partial charge in [-0.05, 0) is 19.9 Å². The molecule has 0 aliphatic carbocycles. The molecule has 0 saturated carbocycles. The summed E-state index contributed by atoms with van der Waals surface area (Å²) in [5.74, 6) is -0.199. The standard InChI is InChI=1S/C12H17N5O2S/c1-3-17-12(2,11(18)19)4-5-20-10-8-9(14-6-13-8)15-7-16-10/h6-7,17H,3-5H2,1-2H3,(H,18,19)(H,13,14,15,16). The summed E-state index contributed by atoms with van der Waals surface area (Å²) in [6.45, 7) is 4.21. The van der Waals surface area contributed by atoms with E-state index < -0.39 is 11.5 Å². The number of rotatable bonds is 7. The molecule has 0 aromatic carbocycles. The molecule has 0 amide bonds. The zero-order chi connectivity index (χ0) is 14.6. The third kappa shape index (κ3) is 3.07. The molecule has 8 heteroatoms. The van der Waals surface area contributed by atoms with Crippen molar-refractivity contribution >= 4 is 28.9 Å². The molecular formula is C12H17N5O2S. The highest BCUT2D eigenvalue weighted by atomic mass is 32.2. The molecule has 0 spiro atoms. The van der Waals surface area contributed by atoms with E-state index in [0.717, 1.165) is 10.5 Å². The fraction of sp³-hybridized carbons (Fsp3) is 0.500. The van der Waals surface area contributed by atoms with Crippen LogP contribution < -0.4 is 5.32 Å². The van der Waals surface area contributed by atoms with Crippen molar-refractivity contribution in [2.24, 2.45) is 0 Å². The topological polar surface area (TPSA) is 104 Å².